The molecule has 1 aromatic carbocycles. The molecule has 5 nitrogen and oxygen atoms in total. The van der Waals surface area contributed by atoms with Crippen molar-refractivity contribution in [2.45, 2.75) is 6.61 Å². The van der Waals surface area contributed by atoms with E-state index in [0.29, 0.717) is 13.2 Å². The van der Waals surface area contributed by atoms with Gasteiger partial charge < -0.3 is 9.63 Å². The van der Waals surface area contributed by atoms with E-state index in [9.17, 15) is 4.57 Å². The summed E-state index contributed by atoms with van der Waals surface area (Å²) in [6.07, 6.45) is 0. The van der Waals surface area contributed by atoms with Crippen LogP contribution in [0.5, 0.6) is 0 Å². The normalized spacial score (nSPS) is 14.6. The Hall–Kier alpha value is -0.710. The van der Waals surface area contributed by atoms with Crippen molar-refractivity contribution in [2.24, 2.45) is 0 Å². The molecule has 0 saturated heterocycles. The lowest BCUT2D eigenvalue weighted by Gasteiger charge is -2.06. The van der Waals surface area contributed by atoms with Gasteiger partial charge >= 0.3 is 7.60 Å². The molecule has 0 aliphatic rings. The molecule has 0 fully saturated rings. The minimum absolute atomic E-state index is 0.116. The topological polar surface area (TPSA) is 65.0 Å². The maximum Gasteiger partial charge on any atom is 0.352 e. The fraction of sp³-hybridized carbons (Fsp3) is 0.400. The van der Waals surface area contributed by atoms with Crippen LogP contribution in [0.3, 0.4) is 0 Å². The fourth-order valence-corrected chi connectivity index (χ4v) is 1.26. The van der Waals surface area contributed by atoms with Gasteiger partial charge in [0.25, 0.3) is 0 Å². The van der Waals surface area contributed by atoms with E-state index >= 15 is 0 Å². The van der Waals surface area contributed by atoms with E-state index in [1.54, 1.807) is 0 Å². The Morgan fingerprint density at radius 2 is 1.94 bits per heavy atom. The first-order chi connectivity index (χ1) is 7.58. The van der Waals surface area contributed by atoms with E-state index < -0.39 is 7.60 Å². The first kappa shape index (κ1) is 13.4. The van der Waals surface area contributed by atoms with Crippen molar-refractivity contribution in [3.8, 4) is 0 Å². The molecule has 1 N–H and O–H groups in total. The fourth-order valence-electron chi connectivity index (χ4n) is 0.992. The van der Waals surface area contributed by atoms with Crippen LogP contribution in [0, 0.1) is 0 Å². The Morgan fingerprint density at radius 3 is 2.56 bits per heavy atom. The summed E-state index contributed by atoms with van der Waals surface area (Å²) in [6.45, 7) is 1.95. The highest BCUT2D eigenvalue weighted by atomic mass is 31.2. The largest absolute Gasteiger partial charge is 0.374 e. The molecule has 1 rings (SSSR count). The predicted molar refractivity (Wildman–Crippen MR) is 58.9 cm³/mol. The molecule has 6 heteroatoms. The Bertz CT molecular complexity index is 334. The number of ether oxygens (including phenoxy) is 1. The molecule has 1 atom stereocenters. The van der Waals surface area contributed by atoms with E-state index in [-0.39, 0.29) is 6.61 Å². The summed E-state index contributed by atoms with van der Waals surface area (Å²) in [6, 6.07) is 9.69. The minimum atomic E-state index is -3.55. The maximum atomic E-state index is 10.6. The van der Waals surface area contributed by atoms with E-state index in [4.69, 9.17) is 9.63 Å². The molecule has 1 aromatic rings. The van der Waals surface area contributed by atoms with Crippen molar-refractivity contribution < 1.29 is 23.8 Å². The number of benzene rings is 1. The zero-order valence-corrected chi connectivity index (χ0v) is 9.93. The lowest BCUT2D eigenvalue weighted by Crippen LogP contribution is -2.04. The van der Waals surface area contributed by atoms with Crippen molar-refractivity contribution in [1.82, 2.24) is 0 Å². The van der Waals surface area contributed by atoms with Crippen LogP contribution in [0.2, 0.25) is 0 Å². The lowest BCUT2D eigenvalue weighted by molar-refractivity contribution is -0.220. The average Bonchev–Trinajstić information content (AvgIpc) is 2.23. The molecule has 1 unspecified atom stereocenters. The van der Waals surface area contributed by atoms with Crippen LogP contribution in [0.1, 0.15) is 5.56 Å². The highest BCUT2D eigenvalue weighted by molar-refractivity contribution is 7.51. The predicted octanol–water partition coefficient (Wildman–Crippen LogP) is 1.97. The summed E-state index contributed by atoms with van der Waals surface area (Å²) < 4.78 is 20.1. The Balaban J connectivity index is 2.03. The van der Waals surface area contributed by atoms with Gasteiger partial charge in [-0.05, 0) is 5.56 Å². The number of hydrogen-bond acceptors (Lipinski definition) is 4. The highest BCUT2D eigenvalue weighted by Gasteiger charge is 2.10. The molecule has 90 valence electrons. The van der Waals surface area contributed by atoms with Crippen LogP contribution in [0.4, 0.5) is 0 Å². The van der Waals surface area contributed by atoms with Crippen molar-refractivity contribution >= 4 is 7.60 Å². The van der Waals surface area contributed by atoms with E-state index in [0.717, 1.165) is 12.2 Å². The monoisotopic (exact) mass is 246 g/mol. The summed E-state index contributed by atoms with van der Waals surface area (Å²) in [5, 5.41) is 0. The SMILES string of the molecule is CP(=O)(O)OOCCOCc1ccccc1. The number of hydrogen-bond donors (Lipinski definition) is 1. The standard InChI is InChI=1S/C10H15O5P/c1-16(11,12)15-14-8-7-13-9-10-5-3-2-4-6-10/h2-6H,7-9H2,1H3,(H,11,12). The van der Waals surface area contributed by atoms with Crippen molar-refractivity contribution in [3.63, 3.8) is 0 Å². The van der Waals surface area contributed by atoms with Crippen LogP contribution in [0.15, 0.2) is 30.3 Å². The third-order valence-electron chi connectivity index (χ3n) is 1.61. The zero-order chi connectivity index (χ0) is 11.9. The highest BCUT2D eigenvalue weighted by Crippen LogP contribution is 2.36. The van der Waals surface area contributed by atoms with Crippen LogP contribution >= 0.6 is 7.60 Å². The lowest BCUT2D eigenvalue weighted by atomic mass is 10.2. The van der Waals surface area contributed by atoms with Gasteiger partial charge in [0.15, 0.2) is 0 Å². The van der Waals surface area contributed by atoms with Crippen molar-refractivity contribution in [2.75, 3.05) is 19.9 Å². The molecule has 0 aliphatic carbocycles. The van der Waals surface area contributed by atoms with Gasteiger partial charge in [0.1, 0.15) is 6.61 Å². The summed E-state index contributed by atoms with van der Waals surface area (Å²) in [5.74, 6) is 0. The van der Waals surface area contributed by atoms with Gasteiger partial charge in [-0.15, -0.1) is 4.67 Å². The average molecular weight is 246 g/mol. The molecule has 0 amide bonds. The molecule has 0 bridgehead atoms. The number of rotatable bonds is 7. The molecule has 0 spiro atoms. The van der Waals surface area contributed by atoms with Crippen LogP contribution in [0.25, 0.3) is 0 Å². The smallest absolute Gasteiger partial charge is 0.352 e. The van der Waals surface area contributed by atoms with Gasteiger partial charge in [-0.1, -0.05) is 30.3 Å². The summed E-state index contributed by atoms with van der Waals surface area (Å²) in [4.78, 5) is 13.2. The minimum Gasteiger partial charge on any atom is -0.374 e. The van der Waals surface area contributed by atoms with Crippen LogP contribution < -0.4 is 0 Å². The van der Waals surface area contributed by atoms with E-state index in [2.05, 4.69) is 9.56 Å². The van der Waals surface area contributed by atoms with Gasteiger partial charge in [-0.25, -0.2) is 4.89 Å². The molecule has 0 saturated carbocycles. The molecule has 0 aliphatic heterocycles. The van der Waals surface area contributed by atoms with Gasteiger partial charge in [0, 0.05) is 6.66 Å². The molecule has 16 heavy (non-hydrogen) atoms. The summed E-state index contributed by atoms with van der Waals surface area (Å²) in [7, 11) is -3.55. The summed E-state index contributed by atoms with van der Waals surface area (Å²) in [5.41, 5.74) is 1.06. The molecular weight excluding hydrogens is 231 g/mol. The Labute approximate surface area is 94.4 Å². The second kappa shape index (κ2) is 6.78. The maximum absolute atomic E-state index is 10.6. The van der Waals surface area contributed by atoms with Crippen molar-refractivity contribution in [3.05, 3.63) is 35.9 Å². The molecule has 0 aromatic heterocycles. The van der Waals surface area contributed by atoms with Crippen LogP contribution in [-0.2, 0) is 25.5 Å². The Morgan fingerprint density at radius 1 is 1.25 bits per heavy atom. The van der Waals surface area contributed by atoms with Gasteiger partial charge in [-0.2, -0.15) is 0 Å². The van der Waals surface area contributed by atoms with Crippen molar-refractivity contribution in [1.29, 1.82) is 0 Å². The zero-order valence-electron chi connectivity index (χ0n) is 9.04. The third kappa shape index (κ3) is 6.71. The van der Waals surface area contributed by atoms with E-state index in [1.807, 2.05) is 30.3 Å². The molecule has 0 radical (unpaired) electrons. The van der Waals surface area contributed by atoms with Gasteiger partial charge in [-0.3, -0.25) is 4.57 Å². The second-order valence-corrected chi connectivity index (χ2v) is 4.99. The van der Waals surface area contributed by atoms with E-state index in [1.165, 1.54) is 0 Å². The first-order valence-electron chi connectivity index (χ1n) is 4.81. The van der Waals surface area contributed by atoms with Gasteiger partial charge in [0.05, 0.1) is 13.2 Å². The Kier molecular flexibility index (Phi) is 5.66. The summed E-state index contributed by atoms with van der Waals surface area (Å²) >= 11 is 0. The quantitative estimate of drug-likeness (QED) is 0.345. The second-order valence-electron chi connectivity index (χ2n) is 3.24. The third-order valence-corrected chi connectivity index (χ3v) is 2.00. The van der Waals surface area contributed by atoms with Crippen LogP contribution in [-0.4, -0.2) is 24.8 Å². The molecular formula is C10H15O5P. The van der Waals surface area contributed by atoms with Gasteiger partial charge in [0.2, 0.25) is 0 Å². The molecule has 0 heterocycles. The first-order valence-corrected chi connectivity index (χ1v) is 6.83.